The Labute approximate surface area is 182 Å². The minimum atomic E-state index is 0. The Hall–Kier alpha value is -0.860. The van der Waals surface area contributed by atoms with Crippen LogP contribution in [-0.4, -0.2) is 55.7 Å². The summed E-state index contributed by atoms with van der Waals surface area (Å²) >= 11 is 0. The van der Waals surface area contributed by atoms with Gasteiger partial charge in [-0.2, -0.15) is 0 Å². The predicted octanol–water partition coefficient (Wildman–Crippen LogP) is 3.13. The van der Waals surface area contributed by atoms with Gasteiger partial charge in [-0.3, -0.25) is 9.89 Å². The van der Waals surface area contributed by atoms with E-state index >= 15 is 0 Å². The number of halogens is 1. The summed E-state index contributed by atoms with van der Waals surface area (Å²) in [5, 5.41) is 10.5. The van der Waals surface area contributed by atoms with Gasteiger partial charge in [0, 0.05) is 51.4 Å². The van der Waals surface area contributed by atoms with Gasteiger partial charge in [-0.25, -0.2) is 0 Å². The van der Waals surface area contributed by atoms with Crippen LogP contribution in [0.2, 0.25) is 0 Å². The Morgan fingerprint density at radius 3 is 2.41 bits per heavy atom. The molecule has 154 valence electrons. The molecular weight excluding hydrogens is 449 g/mol. The maximum atomic E-state index is 4.37. The van der Waals surface area contributed by atoms with E-state index in [9.17, 15) is 0 Å². The molecule has 3 N–H and O–H groups in total. The summed E-state index contributed by atoms with van der Waals surface area (Å²) in [4.78, 5) is 6.93. The van der Waals surface area contributed by atoms with Gasteiger partial charge in [0.25, 0.3) is 0 Å². The van der Waals surface area contributed by atoms with Crippen LogP contribution >= 0.6 is 24.0 Å². The standard InChI is InChI=1S/C21H37N5.HI/c1-17-8-6-7-9-18(17)16-26-14-10-19(11-15-26)25-20(22-5)23-12-13-24-21(2,3)4;/h6-9,19,24H,10-16H2,1-5H3,(H2,22,23,25);1H. The summed E-state index contributed by atoms with van der Waals surface area (Å²) < 4.78 is 0. The van der Waals surface area contributed by atoms with Crippen molar-refractivity contribution in [2.75, 3.05) is 33.2 Å². The zero-order valence-electron chi connectivity index (χ0n) is 17.6. The number of hydrogen-bond donors (Lipinski definition) is 3. The van der Waals surface area contributed by atoms with Crippen LogP contribution in [0.5, 0.6) is 0 Å². The van der Waals surface area contributed by atoms with Crippen molar-refractivity contribution in [3.63, 3.8) is 0 Å². The van der Waals surface area contributed by atoms with Crippen molar-refractivity contribution in [3.05, 3.63) is 35.4 Å². The topological polar surface area (TPSA) is 51.7 Å². The second-order valence-electron chi connectivity index (χ2n) is 8.30. The molecule has 2 rings (SSSR count). The highest BCUT2D eigenvalue weighted by molar-refractivity contribution is 14.0. The molecule has 1 saturated heterocycles. The number of nitrogens with one attached hydrogen (secondary N) is 3. The largest absolute Gasteiger partial charge is 0.355 e. The Bertz CT molecular complexity index is 574. The number of piperidine rings is 1. The summed E-state index contributed by atoms with van der Waals surface area (Å²) in [6, 6.07) is 9.21. The van der Waals surface area contributed by atoms with Crippen molar-refractivity contribution in [1.29, 1.82) is 0 Å². The van der Waals surface area contributed by atoms with Crippen molar-refractivity contribution in [3.8, 4) is 0 Å². The Morgan fingerprint density at radius 2 is 1.81 bits per heavy atom. The Kier molecular flexibility index (Phi) is 10.6. The average molecular weight is 487 g/mol. The quantitative estimate of drug-likeness (QED) is 0.250. The van der Waals surface area contributed by atoms with Crippen LogP contribution in [-0.2, 0) is 6.54 Å². The second-order valence-corrected chi connectivity index (χ2v) is 8.30. The first kappa shape index (κ1) is 24.2. The third kappa shape index (κ3) is 9.25. The first-order chi connectivity index (χ1) is 12.4. The van der Waals surface area contributed by atoms with Crippen LogP contribution in [0.25, 0.3) is 0 Å². The molecule has 1 aliphatic rings. The average Bonchev–Trinajstić information content (AvgIpc) is 2.60. The lowest BCUT2D eigenvalue weighted by Gasteiger charge is -2.33. The number of aliphatic imine (C=N–C) groups is 1. The first-order valence-corrected chi connectivity index (χ1v) is 9.86. The minimum absolute atomic E-state index is 0. The maximum Gasteiger partial charge on any atom is 0.191 e. The summed E-state index contributed by atoms with van der Waals surface area (Å²) in [5.41, 5.74) is 2.99. The normalized spacial score (nSPS) is 16.7. The van der Waals surface area contributed by atoms with Crippen LogP contribution < -0.4 is 16.0 Å². The molecule has 0 bridgehead atoms. The molecule has 0 unspecified atom stereocenters. The van der Waals surface area contributed by atoms with Gasteiger partial charge in [0.15, 0.2) is 5.96 Å². The van der Waals surface area contributed by atoms with E-state index in [-0.39, 0.29) is 29.5 Å². The molecule has 6 heteroatoms. The number of rotatable bonds is 6. The lowest BCUT2D eigenvalue weighted by Crippen LogP contribution is -2.50. The molecule has 0 saturated carbocycles. The fraction of sp³-hybridized carbons (Fsp3) is 0.667. The third-order valence-electron chi connectivity index (χ3n) is 4.88. The highest BCUT2D eigenvalue weighted by Gasteiger charge is 2.20. The number of likely N-dealkylation sites (tertiary alicyclic amines) is 1. The summed E-state index contributed by atoms with van der Waals surface area (Å²) in [6.07, 6.45) is 2.32. The van der Waals surface area contributed by atoms with Crippen molar-refractivity contribution < 1.29 is 0 Å². The molecular formula is C21H38IN5. The molecule has 1 heterocycles. The van der Waals surface area contributed by atoms with E-state index in [2.05, 4.69) is 77.8 Å². The van der Waals surface area contributed by atoms with Crippen molar-refractivity contribution in [1.82, 2.24) is 20.9 Å². The maximum absolute atomic E-state index is 4.37. The first-order valence-electron chi connectivity index (χ1n) is 9.86. The lowest BCUT2D eigenvalue weighted by atomic mass is 10.0. The molecule has 0 spiro atoms. The number of guanidine groups is 1. The molecule has 0 amide bonds. The Morgan fingerprint density at radius 1 is 1.15 bits per heavy atom. The van der Waals surface area contributed by atoms with E-state index in [0.717, 1.165) is 51.5 Å². The summed E-state index contributed by atoms with van der Waals surface area (Å²) in [5.74, 6) is 0.915. The molecule has 0 radical (unpaired) electrons. The summed E-state index contributed by atoms with van der Waals surface area (Å²) in [6.45, 7) is 13.9. The molecule has 0 atom stereocenters. The number of aryl methyl sites for hydroxylation is 1. The van der Waals surface area contributed by atoms with Crippen LogP contribution in [0.15, 0.2) is 29.3 Å². The Balaban J connectivity index is 0.00000364. The highest BCUT2D eigenvalue weighted by atomic mass is 127. The molecule has 1 aromatic carbocycles. The van der Waals surface area contributed by atoms with Crippen LogP contribution in [0.4, 0.5) is 0 Å². The van der Waals surface area contributed by atoms with Gasteiger partial charge in [0.1, 0.15) is 0 Å². The van der Waals surface area contributed by atoms with Gasteiger partial charge >= 0.3 is 0 Å². The van der Waals surface area contributed by atoms with Gasteiger partial charge in [0.05, 0.1) is 0 Å². The predicted molar refractivity (Wildman–Crippen MR) is 127 cm³/mol. The van der Waals surface area contributed by atoms with Gasteiger partial charge in [-0.15, -0.1) is 24.0 Å². The number of hydrogen-bond acceptors (Lipinski definition) is 3. The lowest BCUT2D eigenvalue weighted by molar-refractivity contribution is 0.198. The minimum Gasteiger partial charge on any atom is -0.355 e. The van der Waals surface area contributed by atoms with Gasteiger partial charge in [-0.05, 0) is 51.7 Å². The fourth-order valence-corrected chi connectivity index (χ4v) is 3.27. The van der Waals surface area contributed by atoms with Crippen LogP contribution in [0, 0.1) is 6.92 Å². The molecule has 0 aromatic heterocycles. The fourth-order valence-electron chi connectivity index (χ4n) is 3.27. The number of nitrogens with zero attached hydrogens (tertiary/aromatic N) is 2. The number of benzene rings is 1. The van der Waals surface area contributed by atoms with Crippen LogP contribution in [0.3, 0.4) is 0 Å². The molecule has 27 heavy (non-hydrogen) atoms. The molecule has 0 aliphatic carbocycles. The monoisotopic (exact) mass is 487 g/mol. The van der Waals surface area contributed by atoms with Gasteiger partial charge in [-0.1, -0.05) is 24.3 Å². The van der Waals surface area contributed by atoms with E-state index in [0.29, 0.717) is 6.04 Å². The second kappa shape index (κ2) is 11.9. The molecule has 1 aliphatic heterocycles. The van der Waals surface area contributed by atoms with E-state index in [1.54, 1.807) is 0 Å². The van der Waals surface area contributed by atoms with Crippen LogP contribution in [0.1, 0.15) is 44.7 Å². The van der Waals surface area contributed by atoms with E-state index in [4.69, 9.17) is 0 Å². The van der Waals surface area contributed by atoms with Gasteiger partial charge < -0.3 is 16.0 Å². The smallest absolute Gasteiger partial charge is 0.191 e. The molecule has 1 fully saturated rings. The van der Waals surface area contributed by atoms with Crippen molar-refractivity contribution >= 4 is 29.9 Å². The summed E-state index contributed by atoms with van der Waals surface area (Å²) in [7, 11) is 1.85. The third-order valence-corrected chi connectivity index (χ3v) is 4.88. The molecule has 1 aromatic rings. The van der Waals surface area contributed by atoms with E-state index < -0.39 is 0 Å². The van der Waals surface area contributed by atoms with E-state index in [1.165, 1.54) is 11.1 Å². The highest BCUT2D eigenvalue weighted by Crippen LogP contribution is 2.16. The van der Waals surface area contributed by atoms with Gasteiger partial charge in [0.2, 0.25) is 0 Å². The van der Waals surface area contributed by atoms with E-state index in [1.807, 2.05) is 7.05 Å². The zero-order chi connectivity index (χ0) is 19.0. The molecule has 5 nitrogen and oxygen atoms in total. The zero-order valence-corrected chi connectivity index (χ0v) is 20.0. The SMILES string of the molecule is CN=C(NCCNC(C)(C)C)NC1CCN(Cc2ccccc2C)CC1.I. The van der Waals surface area contributed by atoms with Crippen molar-refractivity contribution in [2.45, 2.75) is 58.7 Å². The van der Waals surface area contributed by atoms with Crippen molar-refractivity contribution in [2.24, 2.45) is 4.99 Å².